The second-order valence-corrected chi connectivity index (χ2v) is 9.83. The van der Waals surface area contributed by atoms with Crippen LogP contribution in [0.3, 0.4) is 0 Å². The minimum Gasteiger partial charge on any atom is -0.375 e. The van der Waals surface area contributed by atoms with Crippen molar-refractivity contribution in [2.75, 3.05) is 13.2 Å². The molecule has 0 aromatic heterocycles. The van der Waals surface area contributed by atoms with Crippen molar-refractivity contribution in [2.24, 2.45) is 17.8 Å². The van der Waals surface area contributed by atoms with Crippen molar-refractivity contribution >= 4 is 0 Å². The Morgan fingerprint density at radius 1 is 0.690 bits per heavy atom. The largest absolute Gasteiger partial charge is 0.375 e. The van der Waals surface area contributed by atoms with Gasteiger partial charge in [-0.2, -0.15) is 0 Å². The average Bonchev–Trinajstić information content (AvgIpc) is 2.74. The molecule has 3 fully saturated rings. The lowest BCUT2D eigenvalue weighted by atomic mass is 9.60. The summed E-state index contributed by atoms with van der Waals surface area (Å²) in [5.41, 5.74) is 0. The molecule has 2 aliphatic carbocycles. The van der Waals surface area contributed by atoms with Gasteiger partial charge in [-0.1, -0.05) is 52.4 Å². The molecular weight excluding hydrogens is 365 g/mol. The molecule has 7 unspecified atom stereocenters. The standard InChI is InChI=1S/C25H46FNO2/c1-3-5-7-9-17-28-23-15-12-19-20-13-16-24(29-18-10-8-6-4-2)27-22(20)14-11-21(19)25(23)26/h19-25,27H,3-18H2,1-2H3. The number of fused-ring (bicyclic) bond motifs is 3. The molecular formula is C25H46FNO2. The smallest absolute Gasteiger partial charge is 0.129 e. The van der Waals surface area contributed by atoms with Crippen LogP contribution >= 0.6 is 0 Å². The number of rotatable bonds is 12. The van der Waals surface area contributed by atoms with Crippen LogP contribution in [0.4, 0.5) is 4.39 Å². The van der Waals surface area contributed by atoms with Crippen LogP contribution in [0.1, 0.15) is 104 Å². The summed E-state index contributed by atoms with van der Waals surface area (Å²) in [5, 5.41) is 3.78. The number of halogens is 1. The van der Waals surface area contributed by atoms with Gasteiger partial charge in [-0.25, -0.2) is 4.39 Å². The Labute approximate surface area is 178 Å². The lowest BCUT2D eigenvalue weighted by molar-refractivity contribution is -0.109. The molecule has 7 atom stereocenters. The van der Waals surface area contributed by atoms with E-state index >= 15 is 4.39 Å². The quantitative estimate of drug-likeness (QED) is 0.377. The van der Waals surface area contributed by atoms with E-state index in [1.807, 2.05) is 0 Å². The lowest BCUT2D eigenvalue weighted by Crippen LogP contribution is -2.57. The fraction of sp³-hybridized carbons (Fsp3) is 1.00. The molecule has 0 aromatic rings. The van der Waals surface area contributed by atoms with Crippen molar-refractivity contribution in [3.8, 4) is 0 Å². The van der Waals surface area contributed by atoms with Gasteiger partial charge in [0.2, 0.25) is 0 Å². The van der Waals surface area contributed by atoms with Gasteiger partial charge in [0.25, 0.3) is 0 Å². The fourth-order valence-corrected chi connectivity index (χ4v) is 6.14. The molecule has 170 valence electrons. The Kier molecular flexibility index (Phi) is 10.2. The average molecular weight is 412 g/mol. The van der Waals surface area contributed by atoms with Gasteiger partial charge in [-0.3, -0.25) is 5.32 Å². The molecule has 0 aromatic carbocycles. The van der Waals surface area contributed by atoms with Gasteiger partial charge in [0.1, 0.15) is 12.4 Å². The summed E-state index contributed by atoms with van der Waals surface area (Å²) in [6.45, 7) is 6.09. The van der Waals surface area contributed by atoms with Gasteiger partial charge in [0.05, 0.1) is 6.10 Å². The summed E-state index contributed by atoms with van der Waals surface area (Å²) in [6.07, 6.45) is 15.6. The number of ether oxygens (including phenoxy) is 2. The molecule has 1 N–H and O–H groups in total. The Balaban J connectivity index is 1.40. The van der Waals surface area contributed by atoms with E-state index < -0.39 is 6.17 Å². The molecule has 1 heterocycles. The first kappa shape index (κ1) is 23.5. The van der Waals surface area contributed by atoms with Crippen molar-refractivity contribution < 1.29 is 13.9 Å². The minimum absolute atomic E-state index is 0.148. The Morgan fingerprint density at radius 3 is 2.07 bits per heavy atom. The first-order chi connectivity index (χ1) is 14.2. The summed E-state index contributed by atoms with van der Waals surface area (Å²) in [7, 11) is 0. The maximum atomic E-state index is 15.3. The lowest BCUT2D eigenvalue weighted by Gasteiger charge is -2.51. The van der Waals surface area contributed by atoms with Crippen molar-refractivity contribution in [1.82, 2.24) is 5.32 Å². The van der Waals surface area contributed by atoms with Crippen molar-refractivity contribution in [3.63, 3.8) is 0 Å². The van der Waals surface area contributed by atoms with Crippen molar-refractivity contribution in [1.29, 1.82) is 0 Å². The van der Waals surface area contributed by atoms with Gasteiger partial charge < -0.3 is 9.47 Å². The van der Waals surface area contributed by atoms with E-state index in [1.165, 1.54) is 51.4 Å². The number of piperidine rings is 1. The number of nitrogens with one attached hydrogen (secondary N) is 1. The molecule has 1 aliphatic heterocycles. The normalized spacial score (nSPS) is 37.1. The van der Waals surface area contributed by atoms with Crippen LogP contribution in [0.15, 0.2) is 0 Å². The highest BCUT2D eigenvalue weighted by Gasteiger charge is 2.49. The Bertz CT molecular complexity index is 449. The summed E-state index contributed by atoms with van der Waals surface area (Å²) < 4.78 is 27.4. The molecule has 3 aliphatic rings. The summed E-state index contributed by atoms with van der Waals surface area (Å²) in [5.74, 6) is 1.40. The van der Waals surface area contributed by atoms with Crippen LogP contribution in [0.2, 0.25) is 0 Å². The zero-order valence-corrected chi connectivity index (χ0v) is 19.0. The van der Waals surface area contributed by atoms with Crippen LogP contribution in [-0.2, 0) is 9.47 Å². The molecule has 0 spiro atoms. The first-order valence-electron chi connectivity index (χ1n) is 12.9. The topological polar surface area (TPSA) is 30.5 Å². The summed E-state index contributed by atoms with van der Waals surface area (Å²) in [6, 6.07) is 0.532. The number of hydrogen-bond acceptors (Lipinski definition) is 3. The molecule has 3 rings (SSSR count). The summed E-state index contributed by atoms with van der Waals surface area (Å²) >= 11 is 0. The molecule has 1 saturated heterocycles. The monoisotopic (exact) mass is 411 g/mol. The highest BCUT2D eigenvalue weighted by Crippen LogP contribution is 2.48. The van der Waals surface area contributed by atoms with E-state index in [0.717, 1.165) is 51.7 Å². The zero-order chi connectivity index (χ0) is 20.5. The molecule has 3 nitrogen and oxygen atoms in total. The van der Waals surface area contributed by atoms with Gasteiger partial charge in [0, 0.05) is 19.3 Å². The number of hydrogen-bond donors (Lipinski definition) is 1. The number of alkyl halides is 1. The van der Waals surface area contributed by atoms with Crippen LogP contribution < -0.4 is 5.32 Å². The Morgan fingerprint density at radius 2 is 1.34 bits per heavy atom. The predicted molar refractivity (Wildman–Crippen MR) is 118 cm³/mol. The highest BCUT2D eigenvalue weighted by molar-refractivity contribution is 5.00. The second-order valence-electron chi connectivity index (χ2n) is 9.83. The third-order valence-electron chi connectivity index (χ3n) is 7.79. The summed E-state index contributed by atoms with van der Waals surface area (Å²) in [4.78, 5) is 0. The molecule has 0 amide bonds. The van der Waals surface area contributed by atoms with E-state index in [2.05, 4.69) is 19.2 Å². The molecule has 2 saturated carbocycles. The second kappa shape index (κ2) is 12.6. The van der Waals surface area contributed by atoms with E-state index in [-0.39, 0.29) is 18.2 Å². The highest BCUT2D eigenvalue weighted by atomic mass is 19.1. The zero-order valence-electron chi connectivity index (χ0n) is 19.0. The van der Waals surface area contributed by atoms with Crippen molar-refractivity contribution in [2.45, 2.75) is 128 Å². The minimum atomic E-state index is -0.756. The molecule has 0 bridgehead atoms. The third kappa shape index (κ3) is 6.64. The molecule has 29 heavy (non-hydrogen) atoms. The van der Waals surface area contributed by atoms with Crippen LogP contribution in [0, 0.1) is 17.8 Å². The SMILES string of the molecule is CCCCCCOC1CCC2C(CCC3C(F)C(OCCCCCC)CCC23)N1. The number of unbranched alkanes of at least 4 members (excludes halogenated alkanes) is 6. The van der Waals surface area contributed by atoms with E-state index in [0.29, 0.717) is 17.9 Å². The van der Waals surface area contributed by atoms with Gasteiger partial charge in [-0.15, -0.1) is 0 Å². The van der Waals surface area contributed by atoms with E-state index in [1.54, 1.807) is 0 Å². The van der Waals surface area contributed by atoms with E-state index in [4.69, 9.17) is 9.47 Å². The van der Waals surface area contributed by atoms with Gasteiger partial charge >= 0.3 is 0 Å². The van der Waals surface area contributed by atoms with Crippen LogP contribution in [0.5, 0.6) is 0 Å². The maximum absolute atomic E-state index is 15.3. The molecule has 4 heteroatoms. The maximum Gasteiger partial charge on any atom is 0.129 e. The van der Waals surface area contributed by atoms with Gasteiger partial charge in [0.15, 0.2) is 0 Å². The van der Waals surface area contributed by atoms with Gasteiger partial charge in [-0.05, 0) is 69.1 Å². The predicted octanol–water partition coefficient (Wildman–Crippen LogP) is 6.40. The van der Waals surface area contributed by atoms with Crippen LogP contribution in [0.25, 0.3) is 0 Å². The van der Waals surface area contributed by atoms with E-state index in [9.17, 15) is 0 Å². The van der Waals surface area contributed by atoms with Crippen molar-refractivity contribution in [3.05, 3.63) is 0 Å². The van der Waals surface area contributed by atoms with Crippen LogP contribution in [-0.4, -0.2) is 37.8 Å². The Hall–Kier alpha value is -0.190. The fourth-order valence-electron chi connectivity index (χ4n) is 6.14. The molecule has 0 radical (unpaired) electrons. The first-order valence-corrected chi connectivity index (χ1v) is 12.9. The third-order valence-corrected chi connectivity index (χ3v) is 7.79.